The highest BCUT2D eigenvalue weighted by Gasteiger charge is 2.56. The van der Waals surface area contributed by atoms with Crippen LogP contribution in [0, 0.1) is 0 Å². The van der Waals surface area contributed by atoms with Gasteiger partial charge in [-0.15, -0.1) is 4.89 Å². The summed E-state index contributed by atoms with van der Waals surface area (Å²) in [5.74, 6) is -2.05. The molecule has 0 amide bonds. The summed E-state index contributed by atoms with van der Waals surface area (Å²) in [4.78, 5) is 30.9. The molecule has 1 heterocycles. The van der Waals surface area contributed by atoms with Gasteiger partial charge in [0.1, 0.15) is 0 Å². The molecular weight excluding hydrogens is 248 g/mol. The Hall–Kier alpha value is -2.21. The molecule has 0 atom stereocenters. The molecule has 1 aliphatic rings. The predicted molar refractivity (Wildman–Crippen MR) is 63.2 cm³/mol. The highest BCUT2D eigenvalue weighted by atomic mass is 17.5. The van der Waals surface area contributed by atoms with Crippen LogP contribution in [0.2, 0.25) is 0 Å². The zero-order chi connectivity index (χ0) is 13.1. The topological polar surface area (TPSA) is 60.6 Å². The lowest BCUT2D eigenvalue weighted by Crippen LogP contribution is -2.17. The van der Waals surface area contributed by atoms with E-state index in [0.717, 1.165) is 0 Å². The Labute approximate surface area is 109 Å². The smallest absolute Gasteiger partial charge is 0.287 e. The van der Waals surface area contributed by atoms with Crippen molar-refractivity contribution in [2.24, 2.45) is 0 Å². The van der Waals surface area contributed by atoms with Gasteiger partial charge in [0, 0.05) is 5.56 Å². The standard InChI is InChI=1S/C14H10O5/c15-13(11-7-3-1-4-8-11)16-17-14(18-19-14)12-9-5-2-6-10-12/h1-10H. The van der Waals surface area contributed by atoms with Crippen molar-refractivity contribution < 1.29 is 24.3 Å². The van der Waals surface area contributed by atoms with Gasteiger partial charge in [-0.2, -0.15) is 9.78 Å². The van der Waals surface area contributed by atoms with Crippen LogP contribution in [0.1, 0.15) is 15.9 Å². The molecule has 0 aromatic heterocycles. The number of rotatable bonds is 4. The molecule has 1 aliphatic heterocycles. The fraction of sp³-hybridized carbons (Fsp3) is 0.0714. The Kier molecular flexibility index (Phi) is 3.00. The third kappa shape index (κ3) is 2.48. The van der Waals surface area contributed by atoms with Crippen LogP contribution < -0.4 is 0 Å². The van der Waals surface area contributed by atoms with Crippen LogP contribution in [-0.4, -0.2) is 5.97 Å². The van der Waals surface area contributed by atoms with Crippen LogP contribution in [-0.2, 0) is 25.5 Å². The van der Waals surface area contributed by atoms with E-state index in [9.17, 15) is 4.79 Å². The first-order valence-electron chi connectivity index (χ1n) is 5.68. The van der Waals surface area contributed by atoms with Crippen molar-refractivity contribution in [2.45, 2.75) is 5.97 Å². The maximum absolute atomic E-state index is 11.7. The van der Waals surface area contributed by atoms with E-state index < -0.39 is 11.9 Å². The van der Waals surface area contributed by atoms with E-state index in [0.29, 0.717) is 11.1 Å². The number of carbonyl (C=O) groups excluding carboxylic acids is 1. The minimum atomic E-state index is -1.44. The minimum absolute atomic E-state index is 0.381. The van der Waals surface area contributed by atoms with E-state index in [1.807, 2.05) is 6.07 Å². The van der Waals surface area contributed by atoms with Gasteiger partial charge < -0.3 is 0 Å². The van der Waals surface area contributed by atoms with Crippen molar-refractivity contribution in [1.82, 2.24) is 0 Å². The molecule has 19 heavy (non-hydrogen) atoms. The second-order valence-electron chi connectivity index (χ2n) is 3.91. The fourth-order valence-electron chi connectivity index (χ4n) is 1.57. The average Bonchev–Trinajstić information content (AvgIpc) is 3.28. The monoisotopic (exact) mass is 258 g/mol. The normalized spacial score (nSPS) is 15.8. The van der Waals surface area contributed by atoms with Crippen molar-refractivity contribution in [3.63, 3.8) is 0 Å². The first kappa shape index (κ1) is 11.9. The molecule has 2 aromatic carbocycles. The number of benzene rings is 2. The van der Waals surface area contributed by atoms with Gasteiger partial charge >= 0.3 is 11.9 Å². The van der Waals surface area contributed by atoms with E-state index in [1.165, 1.54) is 0 Å². The zero-order valence-electron chi connectivity index (χ0n) is 9.81. The van der Waals surface area contributed by atoms with Gasteiger partial charge in [-0.3, -0.25) is 4.89 Å². The Balaban J connectivity index is 1.66. The third-order valence-corrected chi connectivity index (χ3v) is 2.60. The van der Waals surface area contributed by atoms with Crippen LogP contribution in [0.3, 0.4) is 0 Å². The van der Waals surface area contributed by atoms with Gasteiger partial charge in [0.05, 0.1) is 5.56 Å². The van der Waals surface area contributed by atoms with Gasteiger partial charge in [0.2, 0.25) is 0 Å². The van der Waals surface area contributed by atoms with Crippen LogP contribution in [0.5, 0.6) is 0 Å². The zero-order valence-corrected chi connectivity index (χ0v) is 9.81. The fourth-order valence-corrected chi connectivity index (χ4v) is 1.57. The molecule has 0 aliphatic carbocycles. The molecule has 5 nitrogen and oxygen atoms in total. The molecule has 0 unspecified atom stereocenters. The van der Waals surface area contributed by atoms with Crippen LogP contribution in [0.25, 0.3) is 0 Å². The van der Waals surface area contributed by atoms with E-state index in [1.54, 1.807) is 54.6 Å². The molecule has 0 saturated carbocycles. The Morgan fingerprint density at radius 1 is 0.895 bits per heavy atom. The second kappa shape index (κ2) is 4.81. The molecule has 2 aromatic rings. The molecule has 1 saturated heterocycles. The largest absolute Gasteiger partial charge is 0.403 e. The lowest BCUT2D eigenvalue weighted by Gasteiger charge is -2.07. The summed E-state index contributed by atoms with van der Waals surface area (Å²) >= 11 is 0. The average molecular weight is 258 g/mol. The maximum Gasteiger partial charge on any atom is 0.403 e. The Bertz CT molecular complexity index is 563. The highest BCUT2D eigenvalue weighted by Crippen LogP contribution is 2.42. The first-order chi connectivity index (χ1) is 9.30. The van der Waals surface area contributed by atoms with E-state index in [-0.39, 0.29) is 0 Å². The predicted octanol–water partition coefficient (Wildman–Crippen LogP) is 2.55. The van der Waals surface area contributed by atoms with E-state index in [2.05, 4.69) is 0 Å². The van der Waals surface area contributed by atoms with E-state index in [4.69, 9.17) is 19.6 Å². The SMILES string of the molecule is O=C(OOC1(c2ccccc2)OO1)c1ccccc1. The molecule has 0 N–H and O–H groups in total. The molecule has 0 radical (unpaired) electrons. The van der Waals surface area contributed by atoms with Crippen LogP contribution in [0.15, 0.2) is 60.7 Å². The molecule has 3 rings (SSSR count). The minimum Gasteiger partial charge on any atom is -0.287 e. The first-order valence-corrected chi connectivity index (χ1v) is 5.68. The summed E-state index contributed by atoms with van der Waals surface area (Å²) in [7, 11) is 0. The molecular formula is C14H10O5. The number of hydrogen-bond donors (Lipinski definition) is 0. The number of hydrogen-bond acceptors (Lipinski definition) is 5. The van der Waals surface area contributed by atoms with Crippen molar-refractivity contribution in [1.29, 1.82) is 0 Å². The Morgan fingerprint density at radius 3 is 2.05 bits per heavy atom. The number of carbonyl (C=O) groups is 1. The molecule has 0 bridgehead atoms. The summed E-state index contributed by atoms with van der Waals surface area (Å²) in [6.07, 6.45) is 0. The van der Waals surface area contributed by atoms with Crippen molar-refractivity contribution >= 4 is 5.97 Å². The van der Waals surface area contributed by atoms with Crippen LogP contribution in [0.4, 0.5) is 0 Å². The molecule has 1 fully saturated rings. The molecule has 96 valence electrons. The summed E-state index contributed by atoms with van der Waals surface area (Å²) in [5.41, 5.74) is 0.988. The second-order valence-corrected chi connectivity index (χ2v) is 3.91. The third-order valence-electron chi connectivity index (χ3n) is 2.60. The van der Waals surface area contributed by atoms with Crippen molar-refractivity contribution in [3.8, 4) is 0 Å². The summed E-state index contributed by atoms with van der Waals surface area (Å²) in [6, 6.07) is 17.4. The quantitative estimate of drug-likeness (QED) is 0.479. The summed E-state index contributed by atoms with van der Waals surface area (Å²) in [5, 5.41) is 0. The maximum atomic E-state index is 11.7. The van der Waals surface area contributed by atoms with Gasteiger partial charge in [-0.25, -0.2) is 4.79 Å². The van der Waals surface area contributed by atoms with Gasteiger partial charge in [0.15, 0.2) is 0 Å². The lowest BCUT2D eigenvalue weighted by molar-refractivity contribution is -0.328. The highest BCUT2D eigenvalue weighted by molar-refractivity contribution is 5.88. The van der Waals surface area contributed by atoms with Gasteiger partial charge in [-0.1, -0.05) is 48.5 Å². The summed E-state index contributed by atoms with van der Waals surface area (Å²) in [6.45, 7) is 0. The van der Waals surface area contributed by atoms with Gasteiger partial charge in [-0.05, 0) is 12.1 Å². The van der Waals surface area contributed by atoms with Crippen LogP contribution >= 0.6 is 0 Å². The van der Waals surface area contributed by atoms with E-state index >= 15 is 0 Å². The van der Waals surface area contributed by atoms with Crippen molar-refractivity contribution in [2.75, 3.05) is 0 Å². The van der Waals surface area contributed by atoms with Gasteiger partial charge in [0.25, 0.3) is 0 Å². The molecule has 5 heteroatoms. The Morgan fingerprint density at radius 2 is 1.47 bits per heavy atom. The molecule has 0 spiro atoms. The summed E-state index contributed by atoms with van der Waals surface area (Å²) < 4.78 is 0. The van der Waals surface area contributed by atoms with Crippen molar-refractivity contribution in [3.05, 3.63) is 71.8 Å². The lowest BCUT2D eigenvalue weighted by atomic mass is 10.2.